The molecule has 1 fully saturated rings. The average Bonchev–Trinajstić information content (AvgIpc) is 3.39. The molecule has 1 aliphatic carbocycles. The van der Waals surface area contributed by atoms with Crippen molar-refractivity contribution in [3.63, 3.8) is 0 Å². The van der Waals surface area contributed by atoms with Crippen molar-refractivity contribution >= 4 is 12.4 Å². The van der Waals surface area contributed by atoms with Gasteiger partial charge in [0.15, 0.2) is 6.10 Å². The average molecular weight is 386 g/mol. The van der Waals surface area contributed by atoms with Crippen molar-refractivity contribution in [2.24, 2.45) is 5.73 Å². The molecule has 0 spiro atoms. The van der Waals surface area contributed by atoms with Crippen LogP contribution >= 0.6 is 12.4 Å². The van der Waals surface area contributed by atoms with Gasteiger partial charge in [0.05, 0.1) is 6.10 Å². The lowest BCUT2D eigenvalue weighted by atomic mass is 10.1. The zero-order valence-corrected chi connectivity index (χ0v) is 15.9. The highest BCUT2D eigenvalue weighted by Gasteiger charge is 2.27. The SMILES string of the molecule is Cl.NCc1ccc(-c2noc(C(OC3CCCC3)c3ccccc3)n2)cc1. The Morgan fingerprint density at radius 3 is 2.41 bits per heavy atom. The molecule has 0 bridgehead atoms. The Kier molecular flexibility index (Phi) is 6.61. The van der Waals surface area contributed by atoms with Gasteiger partial charge in [-0.25, -0.2) is 0 Å². The Bertz CT molecular complexity index is 830. The van der Waals surface area contributed by atoms with Gasteiger partial charge in [0.25, 0.3) is 5.89 Å². The number of halogens is 1. The fourth-order valence-electron chi connectivity index (χ4n) is 3.37. The lowest BCUT2D eigenvalue weighted by molar-refractivity contribution is -0.00315. The second-order valence-corrected chi connectivity index (χ2v) is 6.69. The lowest BCUT2D eigenvalue weighted by Gasteiger charge is -2.19. The summed E-state index contributed by atoms with van der Waals surface area (Å²) >= 11 is 0. The fourth-order valence-corrected chi connectivity index (χ4v) is 3.37. The first-order chi connectivity index (χ1) is 12.8. The number of benzene rings is 2. The van der Waals surface area contributed by atoms with Crippen molar-refractivity contribution in [2.45, 2.75) is 44.4 Å². The van der Waals surface area contributed by atoms with Crippen molar-refractivity contribution in [3.05, 3.63) is 71.6 Å². The number of ether oxygens (including phenoxy) is 1. The summed E-state index contributed by atoms with van der Waals surface area (Å²) in [7, 11) is 0. The molecular formula is C21H24ClN3O2. The molecule has 0 radical (unpaired) electrons. The normalized spacial score (nSPS) is 15.4. The molecule has 5 nitrogen and oxygen atoms in total. The summed E-state index contributed by atoms with van der Waals surface area (Å²) in [5.74, 6) is 1.07. The smallest absolute Gasteiger partial charge is 0.260 e. The largest absolute Gasteiger partial charge is 0.360 e. The maximum Gasteiger partial charge on any atom is 0.260 e. The van der Waals surface area contributed by atoms with E-state index in [4.69, 9.17) is 15.0 Å². The Balaban J connectivity index is 0.00000210. The van der Waals surface area contributed by atoms with E-state index in [9.17, 15) is 0 Å². The van der Waals surface area contributed by atoms with Crippen LogP contribution in [-0.4, -0.2) is 16.2 Å². The van der Waals surface area contributed by atoms with Crippen LogP contribution in [0.2, 0.25) is 0 Å². The Morgan fingerprint density at radius 2 is 1.74 bits per heavy atom. The van der Waals surface area contributed by atoms with Gasteiger partial charge >= 0.3 is 0 Å². The van der Waals surface area contributed by atoms with E-state index < -0.39 is 0 Å². The highest BCUT2D eigenvalue weighted by molar-refractivity contribution is 5.85. The highest BCUT2D eigenvalue weighted by Crippen LogP contribution is 2.32. The van der Waals surface area contributed by atoms with Gasteiger partial charge in [0, 0.05) is 12.1 Å². The van der Waals surface area contributed by atoms with E-state index in [-0.39, 0.29) is 24.6 Å². The molecule has 2 N–H and O–H groups in total. The number of aromatic nitrogens is 2. The van der Waals surface area contributed by atoms with Gasteiger partial charge in [-0.2, -0.15) is 4.98 Å². The zero-order valence-electron chi connectivity index (χ0n) is 15.1. The van der Waals surface area contributed by atoms with Gasteiger partial charge in [-0.1, -0.05) is 72.6 Å². The third kappa shape index (κ3) is 4.56. The zero-order chi connectivity index (χ0) is 17.8. The number of hydrogen-bond donors (Lipinski definition) is 1. The summed E-state index contributed by atoms with van der Waals surface area (Å²) in [6.45, 7) is 0.517. The van der Waals surface area contributed by atoms with Gasteiger partial charge in [0.2, 0.25) is 5.82 Å². The van der Waals surface area contributed by atoms with Crippen LogP contribution in [0.4, 0.5) is 0 Å². The molecule has 0 saturated heterocycles. The van der Waals surface area contributed by atoms with Gasteiger partial charge in [-0.15, -0.1) is 12.4 Å². The van der Waals surface area contributed by atoms with Gasteiger partial charge in [0.1, 0.15) is 0 Å². The van der Waals surface area contributed by atoms with Crippen molar-refractivity contribution in [1.29, 1.82) is 0 Å². The maximum atomic E-state index is 6.36. The quantitative estimate of drug-likeness (QED) is 0.667. The van der Waals surface area contributed by atoms with Crippen LogP contribution in [0, 0.1) is 0 Å². The molecule has 1 aliphatic rings. The van der Waals surface area contributed by atoms with Crippen LogP contribution in [0.5, 0.6) is 0 Å². The number of rotatable bonds is 6. The van der Waals surface area contributed by atoms with Crippen molar-refractivity contribution in [1.82, 2.24) is 10.1 Å². The molecule has 2 aromatic carbocycles. The molecule has 4 rings (SSSR count). The molecule has 1 atom stereocenters. The second kappa shape index (κ2) is 9.13. The Morgan fingerprint density at radius 1 is 1.04 bits per heavy atom. The van der Waals surface area contributed by atoms with Crippen molar-refractivity contribution in [2.75, 3.05) is 0 Å². The summed E-state index contributed by atoms with van der Waals surface area (Å²) in [5.41, 5.74) is 8.67. The summed E-state index contributed by atoms with van der Waals surface area (Å²) in [6, 6.07) is 18.0. The lowest BCUT2D eigenvalue weighted by Crippen LogP contribution is -2.15. The van der Waals surface area contributed by atoms with Gasteiger partial charge in [-0.3, -0.25) is 0 Å². The van der Waals surface area contributed by atoms with Crippen molar-refractivity contribution in [3.8, 4) is 11.4 Å². The van der Waals surface area contributed by atoms with Crippen LogP contribution in [0.3, 0.4) is 0 Å². The van der Waals surface area contributed by atoms with E-state index >= 15 is 0 Å². The van der Waals surface area contributed by atoms with Crippen LogP contribution in [-0.2, 0) is 11.3 Å². The third-order valence-electron chi connectivity index (χ3n) is 4.85. The molecule has 1 unspecified atom stereocenters. The minimum Gasteiger partial charge on any atom is -0.360 e. The molecule has 1 saturated carbocycles. The highest BCUT2D eigenvalue weighted by atomic mass is 35.5. The molecule has 1 aromatic heterocycles. The van der Waals surface area contributed by atoms with Crippen LogP contribution in [0.1, 0.15) is 48.8 Å². The molecule has 142 valence electrons. The Labute approximate surface area is 165 Å². The fraction of sp³-hybridized carbons (Fsp3) is 0.333. The summed E-state index contributed by atoms with van der Waals surface area (Å²) in [6.07, 6.45) is 4.53. The second-order valence-electron chi connectivity index (χ2n) is 6.69. The summed E-state index contributed by atoms with van der Waals surface area (Å²) in [5, 5.41) is 4.17. The first-order valence-corrected chi connectivity index (χ1v) is 9.17. The first-order valence-electron chi connectivity index (χ1n) is 9.17. The number of nitrogens with two attached hydrogens (primary N) is 1. The predicted molar refractivity (Wildman–Crippen MR) is 106 cm³/mol. The molecule has 6 heteroatoms. The van der Waals surface area contributed by atoms with Crippen LogP contribution in [0.25, 0.3) is 11.4 Å². The van der Waals surface area contributed by atoms with E-state index in [1.54, 1.807) is 0 Å². The van der Waals surface area contributed by atoms with E-state index in [1.807, 2.05) is 54.6 Å². The third-order valence-corrected chi connectivity index (χ3v) is 4.85. The van der Waals surface area contributed by atoms with E-state index in [0.29, 0.717) is 18.3 Å². The number of nitrogens with zero attached hydrogens (tertiary/aromatic N) is 2. The standard InChI is InChI=1S/C21H23N3O2.ClH/c22-14-15-10-12-17(13-11-15)20-23-21(26-24-20)19(16-6-2-1-3-7-16)25-18-8-4-5-9-18;/h1-3,6-7,10-13,18-19H,4-5,8-9,14,22H2;1H. The molecule has 0 amide bonds. The Hall–Kier alpha value is -2.21. The maximum absolute atomic E-state index is 6.36. The van der Waals surface area contributed by atoms with E-state index in [0.717, 1.165) is 29.5 Å². The number of hydrogen-bond acceptors (Lipinski definition) is 5. The van der Waals surface area contributed by atoms with E-state index in [1.165, 1.54) is 12.8 Å². The summed E-state index contributed by atoms with van der Waals surface area (Å²) < 4.78 is 11.9. The molecule has 3 aromatic rings. The minimum absolute atomic E-state index is 0. The molecule has 0 aliphatic heterocycles. The summed E-state index contributed by atoms with van der Waals surface area (Å²) in [4.78, 5) is 4.62. The van der Waals surface area contributed by atoms with Gasteiger partial charge < -0.3 is 15.0 Å². The first kappa shape index (κ1) is 19.5. The molecule has 27 heavy (non-hydrogen) atoms. The van der Waals surface area contributed by atoms with Crippen LogP contribution in [0.15, 0.2) is 59.1 Å². The van der Waals surface area contributed by atoms with Crippen LogP contribution < -0.4 is 5.73 Å². The molecular weight excluding hydrogens is 362 g/mol. The minimum atomic E-state index is -0.330. The van der Waals surface area contributed by atoms with E-state index in [2.05, 4.69) is 10.1 Å². The molecule has 1 heterocycles. The van der Waals surface area contributed by atoms with Gasteiger partial charge in [-0.05, 0) is 24.0 Å². The predicted octanol–water partition coefficient (Wildman–Crippen LogP) is 4.67. The van der Waals surface area contributed by atoms with Crippen molar-refractivity contribution < 1.29 is 9.26 Å². The topological polar surface area (TPSA) is 74.2 Å². The monoisotopic (exact) mass is 385 g/mol.